The maximum Gasteiger partial charge on any atom is 0.225 e. The van der Waals surface area contributed by atoms with Crippen LogP contribution in [0.5, 0.6) is 0 Å². The highest BCUT2D eigenvalue weighted by Crippen LogP contribution is 2.22. The molecule has 0 aliphatic carbocycles. The van der Waals surface area contributed by atoms with Crippen molar-refractivity contribution in [2.45, 2.75) is 72.0 Å². The van der Waals surface area contributed by atoms with Crippen LogP contribution in [0.1, 0.15) is 55.6 Å². The molecule has 1 amide bonds. The van der Waals surface area contributed by atoms with Crippen LogP contribution >= 0.6 is 0 Å². The van der Waals surface area contributed by atoms with E-state index in [1.165, 1.54) is 6.42 Å². The molecule has 3 heterocycles. The third-order valence-corrected chi connectivity index (χ3v) is 5.04. The maximum atomic E-state index is 13.0. The molecule has 1 fully saturated rings. The molecule has 0 radical (unpaired) electrons. The van der Waals surface area contributed by atoms with Crippen molar-refractivity contribution in [2.75, 3.05) is 6.54 Å². The molecule has 3 rings (SSSR count). The van der Waals surface area contributed by atoms with Gasteiger partial charge < -0.3 is 4.90 Å². The van der Waals surface area contributed by atoms with Crippen molar-refractivity contribution in [3.8, 4) is 0 Å². The summed E-state index contributed by atoms with van der Waals surface area (Å²) in [6, 6.07) is 2.38. The molecule has 2 atom stereocenters. The second-order valence-electron chi connectivity index (χ2n) is 7.40. The topological polar surface area (TPSA) is 56.0 Å². The molecule has 0 saturated carbocycles. The molecule has 2 aromatic heterocycles. The highest BCUT2D eigenvalue weighted by Gasteiger charge is 2.28. The number of nitrogens with zero attached hydrogens (tertiary/aromatic N) is 5. The molecule has 0 bridgehead atoms. The van der Waals surface area contributed by atoms with Crippen molar-refractivity contribution >= 4 is 5.91 Å². The van der Waals surface area contributed by atoms with Crippen LogP contribution < -0.4 is 0 Å². The van der Waals surface area contributed by atoms with Crippen LogP contribution in [0.4, 0.5) is 0 Å². The van der Waals surface area contributed by atoms with Gasteiger partial charge in [0.2, 0.25) is 5.91 Å². The summed E-state index contributed by atoms with van der Waals surface area (Å²) >= 11 is 0. The highest BCUT2D eigenvalue weighted by molar-refractivity contribution is 5.77. The average Bonchev–Trinajstić information content (AvgIpc) is 3.12. The Hall–Kier alpha value is -2.11. The SMILES string of the molecule is Cc1cnn(CC2CCCCN2C(=O)CC(C)n2nc(C)cc2C)c1. The normalized spacial score (nSPS) is 19.2. The first kappa shape index (κ1) is 17.7. The van der Waals surface area contributed by atoms with Gasteiger partial charge in [0.05, 0.1) is 30.5 Å². The number of carbonyl (C=O) groups excluding carboxylic acids is 1. The molecule has 1 saturated heterocycles. The van der Waals surface area contributed by atoms with Crippen LogP contribution in [0.3, 0.4) is 0 Å². The molecule has 25 heavy (non-hydrogen) atoms. The Bertz CT molecular complexity index is 732. The third-order valence-electron chi connectivity index (χ3n) is 5.04. The summed E-state index contributed by atoms with van der Waals surface area (Å²) in [6.45, 7) is 9.80. The van der Waals surface area contributed by atoms with Crippen LogP contribution in [0, 0.1) is 20.8 Å². The molecule has 0 spiro atoms. The predicted octanol–water partition coefficient (Wildman–Crippen LogP) is 3.04. The fourth-order valence-electron chi connectivity index (χ4n) is 3.85. The van der Waals surface area contributed by atoms with Crippen molar-refractivity contribution in [3.05, 3.63) is 35.4 Å². The van der Waals surface area contributed by atoms with Gasteiger partial charge in [-0.05, 0) is 58.6 Å². The Morgan fingerprint density at radius 3 is 2.76 bits per heavy atom. The predicted molar refractivity (Wildman–Crippen MR) is 97.3 cm³/mol. The van der Waals surface area contributed by atoms with Crippen molar-refractivity contribution < 1.29 is 4.79 Å². The summed E-state index contributed by atoms with van der Waals surface area (Å²) < 4.78 is 3.94. The quantitative estimate of drug-likeness (QED) is 0.838. The van der Waals surface area contributed by atoms with E-state index in [1.807, 2.05) is 36.3 Å². The Morgan fingerprint density at radius 1 is 1.32 bits per heavy atom. The molecule has 0 N–H and O–H groups in total. The summed E-state index contributed by atoms with van der Waals surface area (Å²) in [6.07, 6.45) is 7.75. The Morgan fingerprint density at radius 2 is 2.12 bits per heavy atom. The summed E-state index contributed by atoms with van der Waals surface area (Å²) in [7, 11) is 0. The maximum absolute atomic E-state index is 13.0. The number of carbonyl (C=O) groups is 1. The van der Waals surface area contributed by atoms with Crippen LogP contribution in [0.2, 0.25) is 0 Å². The molecule has 6 nitrogen and oxygen atoms in total. The average molecular weight is 343 g/mol. The first-order chi connectivity index (χ1) is 11.9. The van der Waals surface area contributed by atoms with Gasteiger partial charge >= 0.3 is 0 Å². The number of hydrogen-bond donors (Lipinski definition) is 0. The van der Waals surface area contributed by atoms with Crippen molar-refractivity contribution in [1.82, 2.24) is 24.5 Å². The van der Waals surface area contributed by atoms with E-state index in [0.29, 0.717) is 6.42 Å². The zero-order valence-corrected chi connectivity index (χ0v) is 15.8. The fraction of sp³-hybridized carbons (Fsp3) is 0.632. The third kappa shape index (κ3) is 4.11. The standard InChI is InChI=1S/C19H29N5O/c1-14-11-20-22(12-14)13-18-7-5-6-8-23(18)19(25)10-17(4)24-16(3)9-15(2)21-24/h9,11-12,17-18H,5-8,10,13H2,1-4H3. The van der Waals surface area contributed by atoms with E-state index in [2.05, 4.69) is 34.3 Å². The fourth-order valence-corrected chi connectivity index (χ4v) is 3.85. The van der Waals surface area contributed by atoms with E-state index in [0.717, 1.165) is 42.9 Å². The summed E-state index contributed by atoms with van der Waals surface area (Å²) in [5.41, 5.74) is 3.27. The second kappa shape index (κ2) is 7.42. The minimum absolute atomic E-state index is 0.0794. The van der Waals surface area contributed by atoms with Gasteiger partial charge in [0.15, 0.2) is 0 Å². The molecular formula is C19H29N5O. The molecule has 6 heteroatoms. The Kier molecular flexibility index (Phi) is 5.25. The molecular weight excluding hydrogens is 314 g/mol. The van der Waals surface area contributed by atoms with Gasteiger partial charge in [-0.25, -0.2) is 0 Å². The lowest BCUT2D eigenvalue weighted by Gasteiger charge is -2.36. The van der Waals surface area contributed by atoms with Gasteiger partial charge in [-0.3, -0.25) is 14.2 Å². The van der Waals surface area contributed by atoms with Gasteiger partial charge in [-0.1, -0.05) is 0 Å². The number of rotatable bonds is 5. The van der Waals surface area contributed by atoms with E-state index >= 15 is 0 Å². The zero-order chi connectivity index (χ0) is 18.0. The molecule has 0 aromatic carbocycles. The van der Waals surface area contributed by atoms with Crippen molar-refractivity contribution in [3.63, 3.8) is 0 Å². The molecule has 136 valence electrons. The summed E-state index contributed by atoms with van der Waals surface area (Å²) in [4.78, 5) is 15.0. The van der Waals surface area contributed by atoms with E-state index in [-0.39, 0.29) is 18.0 Å². The largest absolute Gasteiger partial charge is 0.338 e. The summed E-state index contributed by atoms with van der Waals surface area (Å²) in [5.74, 6) is 0.230. The minimum atomic E-state index is 0.0794. The van der Waals surface area contributed by atoms with Gasteiger partial charge in [0.25, 0.3) is 0 Å². The zero-order valence-electron chi connectivity index (χ0n) is 15.8. The number of hydrogen-bond acceptors (Lipinski definition) is 3. The Labute approximate surface area is 149 Å². The number of aromatic nitrogens is 4. The molecule has 1 aliphatic rings. The van der Waals surface area contributed by atoms with Gasteiger partial charge in [0, 0.05) is 24.9 Å². The van der Waals surface area contributed by atoms with Crippen LogP contribution in [-0.4, -0.2) is 43.0 Å². The molecule has 2 aromatic rings. The van der Waals surface area contributed by atoms with Crippen LogP contribution in [-0.2, 0) is 11.3 Å². The first-order valence-corrected chi connectivity index (χ1v) is 9.25. The molecule has 1 aliphatic heterocycles. The van der Waals surface area contributed by atoms with Crippen LogP contribution in [0.25, 0.3) is 0 Å². The minimum Gasteiger partial charge on any atom is -0.338 e. The molecule has 2 unspecified atom stereocenters. The van der Waals surface area contributed by atoms with Gasteiger partial charge in [-0.2, -0.15) is 10.2 Å². The summed E-state index contributed by atoms with van der Waals surface area (Å²) in [5, 5.41) is 8.92. The smallest absolute Gasteiger partial charge is 0.225 e. The lowest BCUT2D eigenvalue weighted by atomic mass is 10.0. The number of amides is 1. The van der Waals surface area contributed by atoms with Gasteiger partial charge in [-0.15, -0.1) is 0 Å². The number of aryl methyl sites for hydroxylation is 3. The second-order valence-corrected chi connectivity index (χ2v) is 7.40. The van der Waals surface area contributed by atoms with Crippen molar-refractivity contribution in [1.29, 1.82) is 0 Å². The first-order valence-electron chi connectivity index (χ1n) is 9.25. The van der Waals surface area contributed by atoms with Gasteiger partial charge in [0.1, 0.15) is 0 Å². The highest BCUT2D eigenvalue weighted by atomic mass is 16.2. The van der Waals surface area contributed by atoms with E-state index in [9.17, 15) is 4.79 Å². The monoisotopic (exact) mass is 343 g/mol. The van der Waals surface area contributed by atoms with Crippen molar-refractivity contribution in [2.24, 2.45) is 0 Å². The van der Waals surface area contributed by atoms with Crippen LogP contribution in [0.15, 0.2) is 18.5 Å². The Balaban J connectivity index is 1.67. The lowest BCUT2D eigenvalue weighted by molar-refractivity contribution is -0.136. The van der Waals surface area contributed by atoms with E-state index in [1.54, 1.807) is 0 Å². The van der Waals surface area contributed by atoms with E-state index < -0.39 is 0 Å². The number of piperidine rings is 1. The van der Waals surface area contributed by atoms with E-state index in [4.69, 9.17) is 0 Å². The lowest BCUT2D eigenvalue weighted by Crippen LogP contribution is -2.46. The number of likely N-dealkylation sites (tertiary alicyclic amines) is 1.